The molecule has 11 heavy (non-hydrogen) atoms. The third-order valence-electron chi connectivity index (χ3n) is 1.36. The smallest absolute Gasteiger partial charge is 0.217 e. The number of carbonyl (C=O) groups is 1. The summed E-state index contributed by atoms with van der Waals surface area (Å²) in [6.07, 6.45) is 7.69. The van der Waals surface area contributed by atoms with Crippen molar-refractivity contribution >= 4 is 5.91 Å². The molecule has 0 radical (unpaired) electrons. The lowest BCUT2D eigenvalue weighted by Gasteiger charge is -1.93. The Hall–Kier alpha value is -0.790. The summed E-state index contributed by atoms with van der Waals surface area (Å²) >= 11 is 0. The second kappa shape index (κ2) is 7.32. The first-order valence-corrected chi connectivity index (χ1v) is 4.16. The summed E-state index contributed by atoms with van der Waals surface area (Å²) in [4.78, 5) is 10.4. The standard InChI is InChI=1S/C9H17NO/c1-3-4-5-6-7-8-10-9(2)11/h6-7H,3-5,8H2,1-2H3,(H,10,11)/b7-6+. The van der Waals surface area contributed by atoms with E-state index in [9.17, 15) is 4.79 Å². The summed E-state index contributed by atoms with van der Waals surface area (Å²) in [6, 6.07) is 0. The summed E-state index contributed by atoms with van der Waals surface area (Å²) in [5.41, 5.74) is 0. The fourth-order valence-corrected chi connectivity index (χ4v) is 0.726. The molecule has 0 aromatic heterocycles. The Labute approximate surface area is 68.7 Å². The molecule has 2 heteroatoms. The number of rotatable bonds is 5. The predicted octanol–water partition coefficient (Wildman–Crippen LogP) is 1.87. The second-order valence-corrected chi connectivity index (χ2v) is 2.55. The van der Waals surface area contributed by atoms with Gasteiger partial charge in [0.25, 0.3) is 0 Å². The molecular formula is C9H17NO. The molecule has 0 rings (SSSR count). The van der Waals surface area contributed by atoms with Gasteiger partial charge in [0.05, 0.1) is 0 Å². The SMILES string of the molecule is CCCC/C=C/CNC(C)=O. The van der Waals surface area contributed by atoms with Crippen molar-refractivity contribution in [2.75, 3.05) is 6.54 Å². The Bertz CT molecular complexity index is 130. The van der Waals surface area contributed by atoms with Gasteiger partial charge in [0, 0.05) is 13.5 Å². The molecule has 0 bridgehead atoms. The summed E-state index contributed by atoms with van der Waals surface area (Å²) in [5, 5.41) is 2.70. The first kappa shape index (κ1) is 10.2. The topological polar surface area (TPSA) is 29.1 Å². The van der Waals surface area contributed by atoms with Crippen LogP contribution in [0.25, 0.3) is 0 Å². The van der Waals surface area contributed by atoms with Crippen molar-refractivity contribution in [2.45, 2.75) is 33.1 Å². The number of hydrogen-bond acceptors (Lipinski definition) is 1. The van der Waals surface area contributed by atoms with Crippen LogP contribution in [-0.4, -0.2) is 12.5 Å². The molecule has 0 aliphatic rings. The highest BCUT2D eigenvalue weighted by Gasteiger charge is 1.83. The Kier molecular flexibility index (Phi) is 6.79. The summed E-state index contributed by atoms with van der Waals surface area (Å²) in [5.74, 6) is 0.0325. The largest absolute Gasteiger partial charge is 0.353 e. The first-order chi connectivity index (χ1) is 5.27. The number of amides is 1. The van der Waals surface area contributed by atoms with Crippen molar-refractivity contribution in [3.63, 3.8) is 0 Å². The lowest BCUT2D eigenvalue weighted by atomic mass is 10.2. The molecular weight excluding hydrogens is 138 g/mol. The van der Waals surface area contributed by atoms with Gasteiger partial charge in [0.2, 0.25) is 5.91 Å². The molecule has 0 saturated carbocycles. The number of nitrogens with one attached hydrogen (secondary N) is 1. The summed E-state index contributed by atoms with van der Waals surface area (Å²) < 4.78 is 0. The molecule has 0 unspecified atom stereocenters. The molecule has 1 N–H and O–H groups in total. The maximum absolute atomic E-state index is 10.4. The van der Waals surface area contributed by atoms with Crippen molar-refractivity contribution in [3.05, 3.63) is 12.2 Å². The van der Waals surface area contributed by atoms with Crippen molar-refractivity contribution in [1.82, 2.24) is 5.32 Å². The highest BCUT2D eigenvalue weighted by molar-refractivity contribution is 5.72. The molecule has 0 spiro atoms. The average Bonchev–Trinajstić information content (AvgIpc) is 1.96. The van der Waals surface area contributed by atoms with Crippen LogP contribution in [0.15, 0.2) is 12.2 Å². The zero-order chi connectivity index (χ0) is 8.53. The summed E-state index contributed by atoms with van der Waals surface area (Å²) in [7, 11) is 0. The Balaban J connectivity index is 3.10. The average molecular weight is 155 g/mol. The molecule has 0 saturated heterocycles. The van der Waals surface area contributed by atoms with Crippen LogP contribution in [0, 0.1) is 0 Å². The number of carbonyl (C=O) groups excluding carboxylic acids is 1. The lowest BCUT2D eigenvalue weighted by Crippen LogP contribution is -2.19. The zero-order valence-corrected chi connectivity index (χ0v) is 7.39. The van der Waals surface area contributed by atoms with Crippen LogP contribution in [0.2, 0.25) is 0 Å². The van der Waals surface area contributed by atoms with Crippen LogP contribution in [0.1, 0.15) is 33.1 Å². The van der Waals surface area contributed by atoms with E-state index < -0.39 is 0 Å². The minimum absolute atomic E-state index is 0.0325. The first-order valence-electron chi connectivity index (χ1n) is 4.16. The third kappa shape index (κ3) is 9.21. The third-order valence-corrected chi connectivity index (χ3v) is 1.36. The maximum Gasteiger partial charge on any atom is 0.217 e. The second-order valence-electron chi connectivity index (χ2n) is 2.55. The highest BCUT2D eigenvalue weighted by Crippen LogP contribution is 1.93. The Morgan fingerprint density at radius 3 is 2.73 bits per heavy atom. The van der Waals surface area contributed by atoms with E-state index in [1.54, 1.807) is 0 Å². The molecule has 2 nitrogen and oxygen atoms in total. The van der Waals surface area contributed by atoms with Crippen LogP contribution >= 0.6 is 0 Å². The van der Waals surface area contributed by atoms with Gasteiger partial charge >= 0.3 is 0 Å². The van der Waals surface area contributed by atoms with Crippen LogP contribution in [0.3, 0.4) is 0 Å². The number of allylic oxidation sites excluding steroid dienone is 1. The molecule has 1 amide bonds. The maximum atomic E-state index is 10.4. The van der Waals surface area contributed by atoms with Gasteiger partial charge < -0.3 is 5.32 Å². The Morgan fingerprint density at radius 2 is 2.18 bits per heavy atom. The van der Waals surface area contributed by atoms with Gasteiger partial charge in [-0.05, 0) is 6.42 Å². The molecule has 0 fully saturated rings. The van der Waals surface area contributed by atoms with E-state index in [0.717, 1.165) is 6.42 Å². The quantitative estimate of drug-likeness (QED) is 0.476. The molecule has 0 aliphatic carbocycles. The van der Waals surface area contributed by atoms with Crippen molar-refractivity contribution in [3.8, 4) is 0 Å². The number of hydrogen-bond donors (Lipinski definition) is 1. The van der Waals surface area contributed by atoms with Crippen LogP contribution < -0.4 is 5.32 Å². The highest BCUT2D eigenvalue weighted by atomic mass is 16.1. The van der Waals surface area contributed by atoms with Crippen LogP contribution in [0.5, 0.6) is 0 Å². The normalized spacial score (nSPS) is 10.4. The Morgan fingerprint density at radius 1 is 1.45 bits per heavy atom. The van der Waals surface area contributed by atoms with E-state index >= 15 is 0 Å². The van der Waals surface area contributed by atoms with Crippen molar-refractivity contribution in [1.29, 1.82) is 0 Å². The van der Waals surface area contributed by atoms with Crippen LogP contribution in [-0.2, 0) is 4.79 Å². The molecule has 0 aromatic rings. The van der Waals surface area contributed by atoms with E-state index in [0.29, 0.717) is 6.54 Å². The molecule has 0 heterocycles. The predicted molar refractivity (Wildman–Crippen MR) is 47.3 cm³/mol. The fraction of sp³-hybridized carbons (Fsp3) is 0.667. The van der Waals surface area contributed by atoms with Gasteiger partial charge in [-0.3, -0.25) is 4.79 Å². The van der Waals surface area contributed by atoms with Crippen molar-refractivity contribution < 1.29 is 4.79 Å². The fourth-order valence-electron chi connectivity index (χ4n) is 0.726. The monoisotopic (exact) mass is 155 g/mol. The van der Waals surface area contributed by atoms with Crippen molar-refractivity contribution in [2.24, 2.45) is 0 Å². The van der Waals surface area contributed by atoms with E-state index in [1.165, 1.54) is 19.8 Å². The molecule has 64 valence electrons. The van der Waals surface area contributed by atoms with E-state index in [1.807, 2.05) is 6.08 Å². The van der Waals surface area contributed by atoms with Gasteiger partial charge in [-0.1, -0.05) is 31.9 Å². The molecule has 0 aliphatic heterocycles. The van der Waals surface area contributed by atoms with E-state index in [2.05, 4.69) is 18.3 Å². The summed E-state index contributed by atoms with van der Waals surface area (Å²) in [6.45, 7) is 4.36. The minimum Gasteiger partial charge on any atom is -0.353 e. The van der Waals surface area contributed by atoms with Gasteiger partial charge in [0.15, 0.2) is 0 Å². The lowest BCUT2D eigenvalue weighted by molar-refractivity contribution is -0.118. The van der Waals surface area contributed by atoms with E-state index in [-0.39, 0.29) is 5.91 Å². The zero-order valence-electron chi connectivity index (χ0n) is 7.39. The van der Waals surface area contributed by atoms with Gasteiger partial charge in [0.1, 0.15) is 0 Å². The molecule has 0 atom stereocenters. The number of unbranched alkanes of at least 4 members (excludes halogenated alkanes) is 2. The van der Waals surface area contributed by atoms with Gasteiger partial charge in [-0.2, -0.15) is 0 Å². The van der Waals surface area contributed by atoms with Gasteiger partial charge in [-0.25, -0.2) is 0 Å². The van der Waals surface area contributed by atoms with E-state index in [4.69, 9.17) is 0 Å². The molecule has 0 aromatic carbocycles. The van der Waals surface area contributed by atoms with Crippen LogP contribution in [0.4, 0.5) is 0 Å². The minimum atomic E-state index is 0.0325. The van der Waals surface area contributed by atoms with Gasteiger partial charge in [-0.15, -0.1) is 0 Å².